The third-order valence-electron chi connectivity index (χ3n) is 2.38. The number of hydrogen-bond donors (Lipinski definition) is 2. The summed E-state index contributed by atoms with van der Waals surface area (Å²) in [5, 5.41) is 0.373. The van der Waals surface area contributed by atoms with Crippen molar-refractivity contribution in [1.82, 2.24) is 9.97 Å². The Kier molecular flexibility index (Phi) is 3.53. The largest absolute Gasteiger partial charge is 0.462 e. The molecule has 2 rings (SSSR count). The van der Waals surface area contributed by atoms with Crippen LogP contribution in [0.1, 0.15) is 17.3 Å². The Balaban J connectivity index is 2.37. The van der Waals surface area contributed by atoms with E-state index in [1.807, 2.05) is 0 Å². The zero-order valence-electron chi connectivity index (χ0n) is 9.74. The number of nitrogens with zero attached hydrogens (tertiary/aromatic N) is 1. The number of aromatic amines is 1. The second kappa shape index (κ2) is 5.10. The lowest BCUT2D eigenvalue weighted by Gasteiger charge is -1.98. The summed E-state index contributed by atoms with van der Waals surface area (Å²) in [6.45, 7) is 2.05. The molecule has 0 aliphatic heterocycles. The van der Waals surface area contributed by atoms with Crippen LogP contribution in [0.2, 0.25) is 5.15 Å². The molecule has 94 valence electrons. The molecule has 0 unspecified atom stereocenters. The van der Waals surface area contributed by atoms with Crippen LogP contribution < -0.4 is 5.73 Å². The molecule has 2 heterocycles. The highest BCUT2D eigenvalue weighted by Gasteiger charge is 2.15. The van der Waals surface area contributed by atoms with E-state index >= 15 is 0 Å². The van der Waals surface area contributed by atoms with Crippen LogP contribution in [0.4, 0.5) is 5.82 Å². The Labute approximate surface area is 109 Å². The van der Waals surface area contributed by atoms with Crippen LogP contribution in [0.25, 0.3) is 11.3 Å². The molecule has 0 aliphatic carbocycles. The van der Waals surface area contributed by atoms with Crippen molar-refractivity contribution in [2.45, 2.75) is 6.92 Å². The lowest BCUT2D eigenvalue weighted by Crippen LogP contribution is -2.05. The van der Waals surface area contributed by atoms with Crippen molar-refractivity contribution in [2.75, 3.05) is 12.3 Å². The van der Waals surface area contributed by atoms with Crippen molar-refractivity contribution in [2.24, 2.45) is 0 Å². The first-order valence-electron chi connectivity index (χ1n) is 5.39. The molecule has 0 saturated heterocycles. The molecule has 0 aliphatic rings. The third kappa shape index (κ3) is 2.46. The predicted molar refractivity (Wildman–Crippen MR) is 69.4 cm³/mol. The normalized spacial score (nSPS) is 10.3. The first-order chi connectivity index (χ1) is 8.61. The SMILES string of the molecule is CCOC(=O)c1cc(-c2ccnc(Cl)c2)[nH]c1N. The number of nitrogen functional groups attached to an aromatic ring is 1. The number of ether oxygens (including phenoxy) is 1. The number of H-pyrrole nitrogens is 1. The summed E-state index contributed by atoms with van der Waals surface area (Å²) in [4.78, 5) is 18.4. The second-order valence-corrected chi connectivity index (χ2v) is 3.99. The number of esters is 1. The maximum Gasteiger partial charge on any atom is 0.341 e. The molecule has 5 nitrogen and oxygen atoms in total. The molecule has 0 radical (unpaired) electrons. The average molecular weight is 266 g/mol. The highest BCUT2D eigenvalue weighted by Crippen LogP contribution is 2.25. The summed E-state index contributed by atoms with van der Waals surface area (Å²) >= 11 is 5.81. The molecule has 0 saturated carbocycles. The first kappa shape index (κ1) is 12.4. The van der Waals surface area contributed by atoms with Gasteiger partial charge in [-0.2, -0.15) is 0 Å². The van der Waals surface area contributed by atoms with Crippen molar-refractivity contribution in [1.29, 1.82) is 0 Å². The van der Waals surface area contributed by atoms with E-state index in [9.17, 15) is 4.79 Å². The van der Waals surface area contributed by atoms with Gasteiger partial charge in [0.2, 0.25) is 0 Å². The van der Waals surface area contributed by atoms with E-state index in [-0.39, 0.29) is 5.82 Å². The lowest BCUT2D eigenvalue weighted by molar-refractivity contribution is 0.0528. The molecule has 3 N–H and O–H groups in total. The minimum atomic E-state index is -0.447. The smallest absolute Gasteiger partial charge is 0.341 e. The summed E-state index contributed by atoms with van der Waals surface area (Å²) < 4.78 is 4.90. The summed E-state index contributed by atoms with van der Waals surface area (Å²) in [5.41, 5.74) is 7.56. The van der Waals surface area contributed by atoms with Crippen LogP contribution in [-0.2, 0) is 4.74 Å². The van der Waals surface area contributed by atoms with Crippen molar-refractivity contribution < 1.29 is 9.53 Å². The van der Waals surface area contributed by atoms with Gasteiger partial charge in [-0.25, -0.2) is 9.78 Å². The number of carbonyl (C=O) groups excluding carboxylic acids is 1. The number of aromatic nitrogens is 2. The quantitative estimate of drug-likeness (QED) is 0.660. The van der Waals surface area contributed by atoms with Crippen molar-refractivity contribution >= 4 is 23.4 Å². The van der Waals surface area contributed by atoms with Gasteiger partial charge in [-0.3, -0.25) is 0 Å². The number of nitrogens with two attached hydrogens (primary N) is 1. The number of nitrogens with one attached hydrogen (secondary N) is 1. The molecule has 0 fully saturated rings. The average Bonchev–Trinajstić information content (AvgIpc) is 2.72. The fraction of sp³-hybridized carbons (Fsp3) is 0.167. The summed E-state index contributed by atoms with van der Waals surface area (Å²) in [6, 6.07) is 5.09. The molecule has 0 atom stereocenters. The van der Waals surface area contributed by atoms with Crippen molar-refractivity contribution in [3.8, 4) is 11.3 Å². The predicted octanol–water partition coefficient (Wildman–Crippen LogP) is 2.49. The molecule has 0 spiro atoms. The standard InChI is InChI=1S/C12H12ClN3O2/c1-2-18-12(17)8-6-9(16-11(8)14)7-3-4-15-10(13)5-7/h3-6,16H,2,14H2,1H3. The number of hydrogen-bond acceptors (Lipinski definition) is 4. The van der Waals surface area contributed by atoms with E-state index in [2.05, 4.69) is 9.97 Å². The van der Waals surface area contributed by atoms with Crippen LogP contribution in [0.3, 0.4) is 0 Å². The van der Waals surface area contributed by atoms with Gasteiger partial charge >= 0.3 is 5.97 Å². The van der Waals surface area contributed by atoms with Crippen LogP contribution in [-0.4, -0.2) is 22.5 Å². The third-order valence-corrected chi connectivity index (χ3v) is 2.59. The zero-order chi connectivity index (χ0) is 13.1. The zero-order valence-corrected chi connectivity index (χ0v) is 10.5. The van der Waals surface area contributed by atoms with Crippen molar-refractivity contribution in [3.05, 3.63) is 35.1 Å². The second-order valence-electron chi connectivity index (χ2n) is 3.60. The highest BCUT2D eigenvalue weighted by molar-refractivity contribution is 6.29. The fourth-order valence-corrected chi connectivity index (χ4v) is 1.75. The van der Waals surface area contributed by atoms with Gasteiger partial charge in [-0.1, -0.05) is 11.6 Å². The lowest BCUT2D eigenvalue weighted by atomic mass is 10.2. The minimum absolute atomic E-state index is 0.274. The Morgan fingerprint density at radius 1 is 1.56 bits per heavy atom. The Bertz CT molecular complexity index is 580. The molecule has 6 heteroatoms. The van der Waals surface area contributed by atoms with Gasteiger partial charge in [0.05, 0.1) is 6.61 Å². The monoisotopic (exact) mass is 265 g/mol. The summed E-state index contributed by atoms with van der Waals surface area (Å²) in [5.74, 6) is -0.172. The van der Waals surface area contributed by atoms with E-state index < -0.39 is 5.97 Å². The summed E-state index contributed by atoms with van der Waals surface area (Å²) in [6.07, 6.45) is 1.58. The number of carbonyl (C=O) groups is 1. The van der Waals surface area contributed by atoms with E-state index in [0.29, 0.717) is 23.0 Å². The number of pyridine rings is 1. The van der Waals surface area contributed by atoms with Gasteiger partial charge in [-0.15, -0.1) is 0 Å². The number of halogens is 1. The first-order valence-corrected chi connectivity index (χ1v) is 5.77. The van der Waals surface area contributed by atoms with E-state index in [1.54, 1.807) is 31.3 Å². The molecule has 0 aromatic carbocycles. The fourth-order valence-electron chi connectivity index (χ4n) is 1.57. The topological polar surface area (TPSA) is 81.0 Å². The number of rotatable bonds is 3. The van der Waals surface area contributed by atoms with Gasteiger partial charge in [0.25, 0.3) is 0 Å². The minimum Gasteiger partial charge on any atom is -0.462 e. The molecule has 2 aromatic heterocycles. The van der Waals surface area contributed by atoms with Gasteiger partial charge in [-0.05, 0) is 25.1 Å². The van der Waals surface area contributed by atoms with E-state index in [0.717, 1.165) is 5.56 Å². The Morgan fingerprint density at radius 3 is 3.00 bits per heavy atom. The van der Waals surface area contributed by atoms with Gasteiger partial charge < -0.3 is 15.5 Å². The molecular formula is C12H12ClN3O2. The van der Waals surface area contributed by atoms with Gasteiger partial charge in [0, 0.05) is 17.5 Å². The maximum absolute atomic E-state index is 11.6. The summed E-state index contributed by atoms with van der Waals surface area (Å²) in [7, 11) is 0. The van der Waals surface area contributed by atoms with Gasteiger partial charge in [0.15, 0.2) is 0 Å². The Hall–Kier alpha value is -2.01. The molecule has 2 aromatic rings. The van der Waals surface area contributed by atoms with Crippen molar-refractivity contribution in [3.63, 3.8) is 0 Å². The van der Waals surface area contributed by atoms with Crippen LogP contribution in [0.5, 0.6) is 0 Å². The Morgan fingerprint density at radius 2 is 2.33 bits per heavy atom. The molecular weight excluding hydrogens is 254 g/mol. The molecule has 0 bridgehead atoms. The van der Waals surface area contributed by atoms with E-state index in [1.165, 1.54) is 0 Å². The molecule has 18 heavy (non-hydrogen) atoms. The highest BCUT2D eigenvalue weighted by atomic mass is 35.5. The van der Waals surface area contributed by atoms with E-state index in [4.69, 9.17) is 22.1 Å². The maximum atomic E-state index is 11.6. The van der Waals surface area contributed by atoms with Crippen LogP contribution >= 0.6 is 11.6 Å². The number of anilines is 1. The van der Waals surface area contributed by atoms with Gasteiger partial charge in [0.1, 0.15) is 16.5 Å². The molecule has 0 amide bonds. The van der Waals surface area contributed by atoms with Crippen LogP contribution in [0, 0.1) is 0 Å². The van der Waals surface area contributed by atoms with Crippen LogP contribution in [0.15, 0.2) is 24.4 Å².